The maximum absolute atomic E-state index is 12.6. The SMILES string of the molecule is CC/C=C\C(O)C/C=C/C=C\C/C=C\C/C=C\CCCC(=O)OC[C@H](COP(=O)([O-])OCC[N+](C)(C)C)OC(=O)CCCCCCCCCCCCCC. The maximum atomic E-state index is 12.6. The predicted molar refractivity (Wildman–Crippen MR) is 219 cm³/mol. The first-order valence-electron chi connectivity index (χ1n) is 20.6. The molecule has 0 rings (SSSR count). The van der Waals surface area contributed by atoms with Gasteiger partial charge in [0, 0.05) is 12.8 Å². The van der Waals surface area contributed by atoms with Gasteiger partial charge in [0.05, 0.1) is 33.9 Å². The molecule has 0 saturated heterocycles. The molecule has 11 heteroatoms. The van der Waals surface area contributed by atoms with Crippen molar-refractivity contribution in [2.45, 2.75) is 154 Å². The summed E-state index contributed by atoms with van der Waals surface area (Å²) in [4.78, 5) is 37.4. The van der Waals surface area contributed by atoms with E-state index in [2.05, 4.69) is 25.2 Å². The highest BCUT2D eigenvalue weighted by Crippen LogP contribution is 2.38. The second kappa shape index (κ2) is 35.1. The number of nitrogens with zero attached hydrogens (tertiary/aromatic N) is 1. The molecular weight excluding hydrogens is 705 g/mol. The van der Waals surface area contributed by atoms with Gasteiger partial charge in [0.1, 0.15) is 19.8 Å². The molecule has 1 N–H and O–H groups in total. The summed E-state index contributed by atoms with van der Waals surface area (Å²) in [7, 11) is 1.10. The highest BCUT2D eigenvalue weighted by Gasteiger charge is 2.21. The van der Waals surface area contributed by atoms with Gasteiger partial charge in [-0.3, -0.25) is 14.2 Å². The lowest BCUT2D eigenvalue weighted by molar-refractivity contribution is -0.870. The Labute approximate surface area is 329 Å². The summed E-state index contributed by atoms with van der Waals surface area (Å²) in [5.74, 6) is -0.931. The molecule has 312 valence electrons. The summed E-state index contributed by atoms with van der Waals surface area (Å²) < 4.78 is 33.7. The van der Waals surface area contributed by atoms with Crippen LogP contribution in [0.15, 0.2) is 60.8 Å². The first-order valence-corrected chi connectivity index (χ1v) is 22.1. The van der Waals surface area contributed by atoms with E-state index in [0.29, 0.717) is 36.7 Å². The van der Waals surface area contributed by atoms with E-state index in [4.69, 9.17) is 18.5 Å². The number of aliphatic hydroxyl groups excluding tert-OH is 1. The van der Waals surface area contributed by atoms with Crippen LogP contribution in [0.25, 0.3) is 0 Å². The summed E-state index contributed by atoms with van der Waals surface area (Å²) >= 11 is 0. The number of phosphoric ester groups is 1. The Morgan fingerprint density at radius 2 is 1.28 bits per heavy atom. The third kappa shape index (κ3) is 38.0. The van der Waals surface area contributed by atoms with Crippen LogP contribution in [0.2, 0.25) is 0 Å². The number of esters is 2. The van der Waals surface area contributed by atoms with Crippen molar-refractivity contribution in [3.8, 4) is 0 Å². The summed E-state index contributed by atoms with van der Waals surface area (Å²) in [6.45, 7) is 3.88. The number of hydrogen-bond donors (Lipinski definition) is 1. The van der Waals surface area contributed by atoms with Crippen molar-refractivity contribution in [2.75, 3.05) is 47.5 Å². The molecule has 10 nitrogen and oxygen atoms in total. The third-order valence-electron chi connectivity index (χ3n) is 8.38. The lowest BCUT2D eigenvalue weighted by atomic mass is 10.0. The molecule has 0 bridgehead atoms. The second-order valence-electron chi connectivity index (χ2n) is 14.8. The fourth-order valence-corrected chi connectivity index (χ4v) is 5.85. The zero-order valence-electron chi connectivity index (χ0n) is 34.5. The van der Waals surface area contributed by atoms with E-state index >= 15 is 0 Å². The van der Waals surface area contributed by atoms with Crippen molar-refractivity contribution < 1.29 is 47.2 Å². The molecule has 0 fully saturated rings. The molecule has 0 saturated carbocycles. The molecular formula is C43H76NO9P. The molecule has 2 unspecified atom stereocenters. The van der Waals surface area contributed by atoms with E-state index in [9.17, 15) is 24.2 Å². The molecule has 0 amide bonds. The van der Waals surface area contributed by atoms with Crippen LogP contribution < -0.4 is 4.89 Å². The summed E-state index contributed by atoms with van der Waals surface area (Å²) in [5, 5.41) is 9.76. The molecule has 54 heavy (non-hydrogen) atoms. The van der Waals surface area contributed by atoms with E-state index < -0.39 is 38.6 Å². The van der Waals surface area contributed by atoms with Crippen LogP contribution in [0.5, 0.6) is 0 Å². The molecule has 0 heterocycles. The molecule has 3 atom stereocenters. The van der Waals surface area contributed by atoms with Gasteiger partial charge in [-0.1, -0.05) is 145 Å². The molecule has 0 radical (unpaired) electrons. The smallest absolute Gasteiger partial charge is 0.306 e. The Kier molecular flexibility index (Phi) is 33.6. The van der Waals surface area contributed by atoms with Gasteiger partial charge in [-0.2, -0.15) is 0 Å². The number of aliphatic hydroxyl groups is 1. The lowest BCUT2D eigenvalue weighted by Gasteiger charge is -2.28. The number of likely N-dealkylation sites (N-methyl/N-ethyl adjacent to an activating group) is 1. The van der Waals surface area contributed by atoms with Gasteiger partial charge in [-0.15, -0.1) is 0 Å². The number of unbranched alkanes of at least 4 members (excludes halogenated alkanes) is 12. The van der Waals surface area contributed by atoms with Crippen molar-refractivity contribution >= 4 is 19.8 Å². The van der Waals surface area contributed by atoms with E-state index in [1.165, 1.54) is 51.4 Å². The third-order valence-corrected chi connectivity index (χ3v) is 9.34. The number of ether oxygens (including phenoxy) is 2. The fourth-order valence-electron chi connectivity index (χ4n) is 5.12. The summed E-state index contributed by atoms with van der Waals surface area (Å²) in [6, 6.07) is 0. The van der Waals surface area contributed by atoms with Crippen LogP contribution in [0.4, 0.5) is 0 Å². The zero-order valence-corrected chi connectivity index (χ0v) is 35.4. The Bertz CT molecular complexity index is 1130. The van der Waals surface area contributed by atoms with Gasteiger partial charge in [0.2, 0.25) is 0 Å². The van der Waals surface area contributed by atoms with Gasteiger partial charge < -0.3 is 33.0 Å². The Morgan fingerprint density at radius 3 is 1.91 bits per heavy atom. The van der Waals surface area contributed by atoms with E-state index in [0.717, 1.165) is 38.5 Å². The number of rotatable bonds is 36. The van der Waals surface area contributed by atoms with Gasteiger partial charge >= 0.3 is 11.9 Å². The topological polar surface area (TPSA) is 131 Å². The normalized spacial score (nSPS) is 14.9. The fraction of sp³-hybridized carbons (Fsp3) is 0.721. The van der Waals surface area contributed by atoms with Crippen molar-refractivity contribution in [3.05, 3.63) is 60.8 Å². The van der Waals surface area contributed by atoms with Crippen molar-refractivity contribution in [3.63, 3.8) is 0 Å². The Balaban J connectivity index is 4.52. The van der Waals surface area contributed by atoms with Crippen molar-refractivity contribution in [2.24, 2.45) is 0 Å². The monoisotopic (exact) mass is 782 g/mol. The van der Waals surface area contributed by atoms with E-state index in [1.54, 1.807) is 0 Å². The molecule has 0 aromatic carbocycles. The van der Waals surface area contributed by atoms with Gasteiger partial charge in [0.15, 0.2) is 6.10 Å². The quantitative estimate of drug-likeness (QED) is 0.0165. The Hall–Kier alpha value is -2.33. The molecule has 0 aliphatic carbocycles. The summed E-state index contributed by atoms with van der Waals surface area (Å²) in [5.41, 5.74) is 0. The van der Waals surface area contributed by atoms with Crippen LogP contribution in [0.1, 0.15) is 142 Å². The highest BCUT2D eigenvalue weighted by molar-refractivity contribution is 7.45. The number of quaternary nitrogens is 1. The summed E-state index contributed by atoms with van der Waals surface area (Å²) in [6.07, 6.45) is 37.4. The average molecular weight is 782 g/mol. The number of phosphoric acid groups is 1. The molecule has 0 aromatic heterocycles. The highest BCUT2D eigenvalue weighted by atomic mass is 31.2. The minimum Gasteiger partial charge on any atom is -0.756 e. The molecule has 0 aliphatic heterocycles. The van der Waals surface area contributed by atoms with Crippen LogP contribution in [-0.4, -0.2) is 81.2 Å². The first kappa shape index (κ1) is 51.7. The average Bonchev–Trinajstić information content (AvgIpc) is 3.11. The second-order valence-corrected chi connectivity index (χ2v) is 16.2. The van der Waals surface area contributed by atoms with Crippen LogP contribution in [0.3, 0.4) is 0 Å². The molecule has 0 aromatic rings. The van der Waals surface area contributed by atoms with Crippen LogP contribution in [0, 0.1) is 0 Å². The predicted octanol–water partition coefficient (Wildman–Crippen LogP) is 9.63. The van der Waals surface area contributed by atoms with E-state index in [-0.39, 0.29) is 26.1 Å². The standard InChI is InChI=1S/C43H76NO9P/c1-6-8-10-11-12-13-14-18-22-25-28-31-35-43(47)53-41(39-52-54(48,49)51-37-36-44(3,4)5)38-50-42(46)34-30-27-24-21-19-16-15-17-20-23-26-29-33-40(45)32-9-7-2/h9,15-16,20-21,23-24,26,29,32,40-41,45H,6-8,10-14,17-19,22,25,27-28,30-31,33-39H2,1-5H3/b16-15-,23-20-,24-21-,29-26+,32-9-/t40?,41-/m1/s1. The maximum Gasteiger partial charge on any atom is 0.306 e. The van der Waals surface area contributed by atoms with Crippen molar-refractivity contribution in [1.82, 2.24) is 0 Å². The lowest BCUT2D eigenvalue weighted by Crippen LogP contribution is -2.37. The minimum absolute atomic E-state index is 0.0482. The number of carbonyl (C=O) groups excluding carboxylic acids is 2. The van der Waals surface area contributed by atoms with Gasteiger partial charge in [0.25, 0.3) is 7.82 Å². The zero-order chi connectivity index (χ0) is 40.2. The van der Waals surface area contributed by atoms with Crippen LogP contribution in [-0.2, 0) is 32.7 Å². The number of carbonyl (C=O) groups is 2. The van der Waals surface area contributed by atoms with Crippen LogP contribution >= 0.6 is 7.82 Å². The number of allylic oxidation sites excluding steroid dienone is 8. The van der Waals surface area contributed by atoms with Gasteiger partial charge in [-0.05, 0) is 44.9 Å². The molecule has 0 aliphatic rings. The number of hydrogen-bond acceptors (Lipinski definition) is 9. The van der Waals surface area contributed by atoms with Gasteiger partial charge in [-0.25, -0.2) is 0 Å². The van der Waals surface area contributed by atoms with E-state index in [1.807, 2.05) is 70.6 Å². The minimum atomic E-state index is -4.64. The Morgan fingerprint density at radius 1 is 0.704 bits per heavy atom. The first-order chi connectivity index (χ1) is 25.9. The molecule has 0 spiro atoms. The largest absolute Gasteiger partial charge is 0.756 e. The van der Waals surface area contributed by atoms with Crippen molar-refractivity contribution in [1.29, 1.82) is 0 Å².